The topological polar surface area (TPSA) is 101 Å². The van der Waals surface area contributed by atoms with Gasteiger partial charge in [0.05, 0.1) is 5.52 Å². The van der Waals surface area contributed by atoms with Crippen LogP contribution < -0.4 is 21.2 Å². The number of nitrogens with one attached hydrogen (secondary N) is 2. The summed E-state index contributed by atoms with van der Waals surface area (Å²) in [5.74, 6) is -0.217. The van der Waals surface area contributed by atoms with Gasteiger partial charge >= 0.3 is 5.69 Å². The lowest BCUT2D eigenvalue weighted by molar-refractivity contribution is -0.121. The number of aryl methyl sites for hydroxylation is 2. The normalized spacial score (nSPS) is 10.8. The highest BCUT2D eigenvalue weighted by Gasteiger charge is 2.12. The van der Waals surface area contributed by atoms with Crippen molar-refractivity contribution in [3.8, 4) is 0 Å². The van der Waals surface area contributed by atoms with Crippen LogP contribution in [0.5, 0.6) is 0 Å². The second-order valence-corrected chi connectivity index (χ2v) is 7.26. The number of hydrogen-bond acceptors (Lipinski definition) is 5. The number of nitrogens with zero attached hydrogens (tertiary/aromatic N) is 4. The van der Waals surface area contributed by atoms with Crippen molar-refractivity contribution < 1.29 is 9.59 Å². The third-order valence-electron chi connectivity index (χ3n) is 5.23. The van der Waals surface area contributed by atoms with Gasteiger partial charge in [0.2, 0.25) is 11.8 Å². The highest BCUT2D eigenvalue weighted by molar-refractivity contribution is 5.96. The Morgan fingerprint density at radius 1 is 0.903 bits per heavy atom. The summed E-state index contributed by atoms with van der Waals surface area (Å²) in [6.45, 7) is 6.02. The molecular weight excluding hydrogens is 396 g/mol. The third-order valence-corrected chi connectivity index (χ3v) is 5.23. The summed E-state index contributed by atoms with van der Waals surface area (Å²) >= 11 is 0. The largest absolute Gasteiger partial charge is 0.372 e. The molecule has 2 aromatic heterocycles. The van der Waals surface area contributed by atoms with E-state index < -0.39 is 0 Å². The van der Waals surface area contributed by atoms with Gasteiger partial charge in [-0.25, -0.2) is 9.78 Å². The van der Waals surface area contributed by atoms with Crippen LogP contribution in [0.25, 0.3) is 11.2 Å². The second kappa shape index (κ2) is 9.46. The van der Waals surface area contributed by atoms with Gasteiger partial charge in [-0.1, -0.05) is 0 Å². The van der Waals surface area contributed by atoms with E-state index in [2.05, 4.69) is 34.4 Å². The molecule has 31 heavy (non-hydrogen) atoms. The predicted octanol–water partition coefficient (Wildman–Crippen LogP) is 2.48. The molecule has 0 aliphatic heterocycles. The van der Waals surface area contributed by atoms with E-state index in [1.165, 1.54) is 9.13 Å². The summed E-state index contributed by atoms with van der Waals surface area (Å²) in [6, 6.07) is 11.0. The number of carbonyl (C=O) groups excluding carboxylic acids is 2. The number of rotatable bonds is 8. The summed E-state index contributed by atoms with van der Waals surface area (Å²) in [6.07, 6.45) is 0.0759. The number of benzene rings is 1. The molecule has 0 unspecified atom stereocenters. The van der Waals surface area contributed by atoms with E-state index in [1.54, 1.807) is 26.2 Å². The first kappa shape index (κ1) is 22.1. The molecule has 1 aromatic carbocycles. The van der Waals surface area contributed by atoms with Gasteiger partial charge < -0.3 is 15.5 Å². The summed E-state index contributed by atoms with van der Waals surface area (Å²) in [5, 5.41) is 5.49. The zero-order chi connectivity index (χ0) is 22.5. The smallest absolute Gasteiger partial charge is 0.329 e. The average molecular weight is 425 g/mol. The van der Waals surface area contributed by atoms with E-state index in [4.69, 9.17) is 0 Å². The Labute approximate surface area is 180 Å². The molecule has 0 spiro atoms. The fourth-order valence-electron chi connectivity index (χ4n) is 3.44. The maximum absolute atomic E-state index is 12.2. The summed E-state index contributed by atoms with van der Waals surface area (Å²) < 4.78 is 2.91. The van der Waals surface area contributed by atoms with E-state index in [1.807, 2.05) is 24.3 Å². The van der Waals surface area contributed by atoms with Crippen molar-refractivity contribution in [1.82, 2.24) is 14.1 Å². The first-order valence-electron chi connectivity index (χ1n) is 10.3. The Hall–Kier alpha value is -3.62. The highest BCUT2D eigenvalue weighted by Crippen LogP contribution is 2.18. The number of imidazole rings is 1. The Balaban J connectivity index is 1.53. The molecule has 3 aromatic rings. The number of pyridine rings is 1. The van der Waals surface area contributed by atoms with E-state index in [9.17, 15) is 14.4 Å². The van der Waals surface area contributed by atoms with Gasteiger partial charge in [0.25, 0.3) is 0 Å². The van der Waals surface area contributed by atoms with Crippen LogP contribution >= 0.6 is 0 Å². The molecule has 0 bridgehead atoms. The number of carbonyl (C=O) groups is 2. The zero-order valence-electron chi connectivity index (χ0n) is 18.3. The van der Waals surface area contributed by atoms with Crippen molar-refractivity contribution in [2.24, 2.45) is 14.1 Å². The summed E-state index contributed by atoms with van der Waals surface area (Å²) in [7, 11) is 3.29. The lowest BCUT2D eigenvalue weighted by atomic mass is 10.2. The zero-order valence-corrected chi connectivity index (χ0v) is 18.3. The predicted molar refractivity (Wildman–Crippen MR) is 122 cm³/mol. The SMILES string of the molecule is CCN(CC)c1ccc(NC(=O)CCC(=O)Nc2ccc3c(n2)n(C)c(=O)n3C)cc1. The van der Waals surface area contributed by atoms with Crippen LogP contribution in [-0.2, 0) is 23.7 Å². The van der Waals surface area contributed by atoms with Crippen molar-refractivity contribution in [1.29, 1.82) is 0 Å². The van der Waals surface area contributed by atoms with Crippen LogP contribution in [-0.4, -0.2) is 39.0 Å². The molecule has 2 amide bonds. The molecule has 164 valence electrons. The van der Waals surface area contributed by atoms with Gasteiger partial charge in [-0.05, 0) is 50.2 Å². The maximum Gasteiger partial charge on any atom is 0.329 e. The van der Waals surface area contributed by atoms with Crippen molar-refractivity contribution in [2.45, 2.75) is 26.7 Å². The molecule has 9 nitrogen and oxygen atoms in total. The monoisotopic (exact) mass is 424 g/mol. The third kappa shape index (κ3) is 4.93. The Morgan fingerprint density at radius 3 is 2.13 bits per heavy atom. The minimum absolute atomic E-state index is 0.0246. The minimum atomic E-state index is -0.320. The number of hydrogen-bond donors (Lipinski definition) is 2. The van der Waals surface area contributed by atoms with Crippen LogP contribution in [0, 0.1) is 0 Å². The Morgan fingerprint density at radius 2 is 1.52 bits per heavy atom. The minimum Gasteiger partial charge on any atom is -0.372 e. The molecular formula is C22H28N6O3. The van der Waals surface area contributed by atoms with Gasteiger partial charge in [-0.3, -0.25) is 18.7 Å². The lowest BCUT2D eigenvalue weighted by Gasteiger charge is -2.21. The van der Waals surface area contributed by atoms with Gasteiger partial charge in [0, 0.05) is 51.4 Å². The quantitative estimate of drug-likeness (QED) is 0.579. The molecule has 0 radical (unpaired) electrons. The first-order chi connectivity index (χ1) is 14.8. The molecule has 0 aliphatic rings. The molecule has 0 aliphatic carbocycles. The molecule has 2 heterocycles. The maximum atomic E-state index is 12.2. The van der Waals surface area contributed by atoms with E-state index in [0.29, 0.717) is 22.7 Å². The Bertz CT molecular complexity index is 1140. The summed E-state index contributed by atoms with van der Waals surface area (Å²) in [4.78, 5) is 43.0. The van der Waals surface area contributed by atoms with Crippen molar-refractivity contribution in [3.05, 3.63) is 46.9 Å². The van der Waals surface area contributed by atoms with Gasteiger partial charge in [0.1, 0.15) is 5.82 Å². The molecule has 2 N–H and O–H groups in total. The molecule has 0 fully saturated rings. The second-order valence-electron chi connectivity index (χ2n) is 7.26. The number of anilines is 3. The number of aromatic nitrogens is 3. The molecule has 3 rings (SSSR count). The van der Waals surface area contributed by atoms with Gasteiger partial charge in [-0.15, -0.1) is 0 Å². The number of fused-ring (bicyclic) bond motifs is 1. The lowest BCUT2D eigenvalue weighted by Crippen LogP contribution is -2.21. The van der Waals surface area contributed by atoms with E-state index in [0.717, 1.165) is 18.8 Å². The van der Waals surface area contributed by atoms with Crippen molar-refractivity contribution >= 4 is 40.2 Å². The van der Waals surface area contributed by atoms with Crippen LogP contribution in [0.4, 0.5) is 17.2 Å². The molecule has 0 atom stereocenters. The standard InChI is InChI=1S/C22H28N6O3/c1-5-28(6-2)16-9-7-15(8-10-16)23-19(29)13-14-20(30)24-18-12-11-17-21(25-18)27(4)22(31)26(17)3/h7-12H,5-6,13-14H2,1-4H3,(H,23,29)(H,24,25,30). The molecule has 9 heteroatoms. The molecule has 0 saturated heterocycles. The van der Waals surface area contributed by atoms with Crippen LogP contribution in [0.2, 0.25) is 0 Å². The summed E-state index contributed by atoms with van der Waals surface area (Å²) in [5.41, 5.74) is 2.77. The van der Waals surface area contributed by atoms with Crippen molar-refractivity contribution in [2.75, 3.05) is 28.6 Å². The highest BCUT2D eigenvalue weighted by atomic mass is 16.2. The van der Waals surface area contributed by atoms with Gasteiger partial charge in [-0.2, -0.15) is 0 Å². The van der Waals surface area contributed by atoms with E-state index in [-0.39, 0.29) is 30.3 Å². The first-order valence-corrected chi connectivity index (χ1v) is 10.3. The van der Waals surface area contributed by atoms with Crippen molar-refractivity contribution in [3.63, 3.8) is 0 Å². The fourth-order valence-corrected chi connectivity index (χ4v) is 3.44. The van der Waals surface area contributed by atoms with Crippen LogP contribution in [0.1, 0.15) is 26.7 Å². The average Bonchev–Trinajstić information content (AvgIpc) is 2.98. The van der Waals surface area contributed by atoms with E-state index >= 15 is 0 Å². The van der Waals surface area contributed by atoms with Crippen LogP contribution in [0.3, 0.4) is 0 Å². The number of amides is 2. The fraction of sp³-hybridized carbons (Fsp3) is 0.364. The Kier molecular flexibility index (Phi) is 6.74. The van der Waals surface area contributed by atoms with Gasteiger partial charge in [0.15, 0.2) is 5.65 Å². The van der Waals surface area contributed by atoms with Crippen LogP contribution in [0.15, 0.2) is 41.2 Å². The molecule has 0 saturated carbocycles.